The third kappa shape index (κ3) is 2.26. The summed E-state index contributed by atoms with van der Waals surface area (Å²) in [5.74, 6) is -0.981. The van der Waals surface area contributed by atoms with E-state index < -0.39 is 18.0 Å². The molecule has 1 aliphatic carbocycles. The van der Waals surface area contributed by atoms with Gasteiger partial charge in [-0.15, -0.1) is 0 Å². The Bertz CT molecular complexity index is 829. The first-order valence-electron chi connectivity index (χ1n) is 9.38. The van der Waals surface area contributed by atoms with Gasteiger partial charge in [-0.05, 0) is 49.1 Å². The van der Waals surface area contributed by atoms with E-state index in [0.29, 0.717) is 12.3 Å². The SMILES string of the molecule is O=C(O)[C@@H]1[C@@H]2C[C@@H]3c4[nH]c5ccccc5c4CCN3C[C@H]2CC[C@@H]1O. The monoisotopic (exact) mass is 340 g/mol. The summed E-state index contributed by atoms with van der Waals surface area (Å²) in [5.41, 5.74) is 3.85. The van der Waals surface area contributed by atoms with Crippen LogP contribution in [-0.4, -0.2) is 45.3 Å². The third-order valence-electron chi connectivity index (χ3n) is 6.83. The standard InChI is InChI=1S/C20H24N2O3/c23-17-6-5-11-10-22-8-7-13-12-3-1-2-4-15(12)21-19(13)16(22)9-14(11)18(17)20(24)25/h1-4,11,14,16-18,21,23H,5-10H2,(H,24,25)/t11-,14-,16-,17+,18-/m1/s1. The van der Waals surface area contributed by atoms with Crippen LogP contribution in [0.5, 0.6) is 0 Å². The van der Waals surface area contributed by atoms with E-state index in [1.807, 2.05) is 0 Å². The van der Waals surface area contributed by atoms with Gasteiger partial charge in [0.25, 0.3) is 0 Å². The van der Waals surface area contributed by atoms with Crippen molar-refractivity contribution >= 4 is 16.9 Å². The first kappa shape index (κ1) is 15.4. The number of piperidine rings is 1. The topological polar surface area (TPSA) is 76.6 Å². The number of para-hydroxylation sites is 1. The van der Waals surface area contributed by atoms with Crippen molar-refractivity contribution in [2.45, 2.75) is 37.8 Å². The van der Waals surface area contributed by atoms with Crippen LogP contribution in [0.3, 0.4) is 0 Å². The number of nitrogens with zero attached hydrogens (tertiary/aromatic N) is 1. The lowest BCUT2D eigenvalue weighted by molar-refractivity contribution is -0.156. The number of carboxylic acids is 1. The number of rotatable bonds is 1. The number of aromatic amines is 1. The van der Waals surface area contributed by atoms with Crippen LogP contribution in [-0.2, 0) is 11.2 Å². The van der Waals surface area contributed by atoms with Gasteiger partial charge in [-0.25, -0.2) is 0 Å². The molecule has 1 aromatic heterocycles. The van der Waals surface area contributed by atoms with Crippen molar-refractivity contribution < 1.29 is 15.0 Å². The van der Waals surface area contributed by atoms with Crippen molar-refractivity contribution in [2.75, 3.05) is 13.1 Å². The Morgan fingerprint density at radius 2 is 2.08 bits per heavy atom. The van der Waals surface area contributed by atoms with Crippen LogP contribution in [0.4, 0.5) is 0 Å². The second-order valence-corrected chi connectivity index (χ2v) is 7.99. The fourth-order valence-electron chi connectivity index (χ4n) is 5.68. The molecule has 2 fully saturated rings. The normalized spacial score (nSPS) is 35.0. The molecule has 2 aromatic rings. The predicted octanol–water partition coefficient (Wildman–Crippen LogP) is 2.56. The Balaban J connectivity index is 1.54. The molecule has 2 aliphatic heterocycles. The summed E-state index contributed by atoms with van der Waals surface area (Å²) in [5, 5.41) is 21.3. The lowest BCUT2D eigenvalue weighted by atomic mass is 9.65. The van der Waals surface area contributed by atoms with Gasteiger partial charge >= 0.3 is 5.97 Å². The van der Waals surface area contributed by atoms with Gasteiger partial charge in [-0.3, -0.25) is 9.69 Å². The Hall–Kier alpha value is -1.85. The van der Waals surface area contributed by atoms with Crippen LogP contribution in [0, 0.1) is 17.8 Å². The first-order valence-corrected chi connectivity index (χ1v) is 9.38. The molecule has 3 aliphatic rings. The number of fused-ring (bicyclic) bond motifs is 6. The molecule has 1 saturated carbocycles. The van der Waals surface area contributed by atoms with Crippen LogP contribution >= 0.6 is 0 Å². The minimum atomic E-state index is -0.830. The van der Waals surface area contributed by atoms with Gasteiger partial charge < -0.3 is 15.2 Å². The van der Waals surface area contributed by atoms with E-state index in [4.69, 9.17) is 0 Å². The number of nitrogens with one attached hydrogen (secondary N) is 1. The summed E-state index contributed by atoms with van der Waals surface area (Å²) in [6.07, 6.45) is 2.75. The minimum Gasteiger partial charge on any atom is -0.481 e. The number of aliphatic hydroxyl groups excluding tert-OH is 1. The van der Waals surface area contributed by atoms with Crippen molar-refractivity contribution in [1.29, 1.82) is 0 Å². The predicted molar refractivity (Wildman–Crippen MR) is 94.3 cm³/mol. The Labute approximate surface area is 146 Å². The van der Waals surface area contributed by atoms with Gasteiger partial charge in [0, 0.05) is 29.7 Å². The molecular weight excluding hydrogens is 316 g/mol. The lowest BCUT2D eigenvalue weighted by Gasteiger charge is -2.50. The summed E-state index contributed by atoms with van der Waals surface area (Å²) < 4.78 is 0. The number of hydrogen-bond acceptors (Lipinski definition) is 3. The fourth-order valence-corrected chi connectivity index (χ4v) is 5.68. The number of hydrogen-bond donors (Lipinski definition) is 3. The molecule has 0 bridgehead atoms. The number of aromatic nitrogens is 1. The van der Waals surface area contributed by atoms with E-state index in [-0.39, 0.29) is 12.0 Å². The molecule has 5 nitrogen and oxygen atoms in total. The number of carbonyl (C=O) groups is 1. The number of benzene rings is 1. The average Bonchev–Trinajstić information content (AvgIpc) is 2.99. The van der Waals surface area contributed by atoms with Crippen LogP contribution in [0.15, 0.2) is 24.3 Å². The molecule has 25 heavy (non-hydrogen) atoms. The van der Waals surface area contributed by atoms with Crippen molar-refractivity contribution in [3.63, 3.8) is 0 Å². The van der Waals surface area contributed by atoms with Gasteiger partial charge in [0.05, 0.1) is 18.1 Å². The van der Waals surface area contributed by atoms with E-state index in [0.717, 1.165) is 32.4 Å². The number of aliphatic carboxylic acids is 1. The van der Waals surface area contributed by atoms with Gasteiger partial charge in [-0.1, -0.05) is 18.2 Å². The Morgan fingerprint density at radius 1 is 1.24 bits per heavy atom. The Kier molecular flexibility index (Phi) is 3.44. The van der Waals surface area contributed by atoms with E-state index >= 15 is 0 Å². The van der Waals surface area contributed by atoms with Crippen molar-refractivity contribution in [1.82, 2.24) is 9.88 Å². The van der Waals surface area contributed by atoms with E-state index in [2.05, 4.69) is 34.1 Å². The van der Waals surface area contributed by atoms with Crippen molar-refractivity contribution in [2.24, 2.45) is 17.8 Å². The van der Waals surface area contributed by atoms with Crippen molar-refractivity contribution in [3.8, 4) is 0 Å². The quantitative estimate of drug-likeness (QED) is 0.746. The highest BCUT2D eigenvalue weighted by Crippen LogP contribution is 2.49. The maximum absolute atomic E-state index is 11.8. The zero-order chi connectivity index (χ0) is 17.1. The highest BCUT2D eigenvalue weighted by atomic mass is 16.4. The van der Waals surface area contributed by atoms with E-state index in [1.54, 1.807) is 0 Å². The van der Waals surface area contributed by atoms with Gasteiger partial charge in [0.15, 0.2) is 0 Å². The molecule has 0 radical (unpaired) electrons. The molecular formula is C20H24N2O3. The molecule has 3 N–H and O–H groups in total. The van der Waals surface area contributed by atoms with Gasteiger partial charge in [0.1, 0.15) is 0 Å². The van der Waals surface area contributed by atoms with Crippen LogP contribution in [0.25, 0.3) is 10.9 Å². The van der Waals surface area contributed by atoms with Gasteiger partial charge in [-0.2, -0.15) is 0 Å². The highest BCUT2D eigenvalue weighted by Gasteiger charge is 2.49. The van der Waals surface area contributed by atoms with Crippen LogP contribution in [0.1, 0.15) is 36.6 Å². The summed E-state index contributed by atoms with van der Waals surface area (Å²) in [7, 11) is 0. The molecule has 1 aromatic carbocycles. The zero-order valence-electron chi connectivity index (χ0n) is 14.2. The molecule has 0 amide bonds. The third-order valence-corrected chi connectivity index (χ3v) is 6.83. The molecule has 3 heterocycles. The number of aliphatic hydroxyl groups is 1. The molecule has 1 saturated heterocycles. The summed E-state index contributed by atoms with van der Waals surface area (Å²) in [4.78, 5) is 17.9. The smallest absolute Gasteiger partial charge is 0.309 e. The number of carboxylic acid groups (broad SMARTS) is 1. The molecule has 132 valence electrons. The second kappa shape index (κ2) is 5.58. The Morgan fingerprint density at radius 3 is 2.92 bits per heavy atom. The van der Waals surface area contributed by atoms with Crippen molar-refractivity contribution in [3.05, 3.63) is 35.5 Å². The molecule has 5 rings (SSSR count). The summed E-state index contributed by atoms with van der Waals surface area (Å²) in [6, 6.07) is 8.68. The molecule has 5 heteroatoms. The second-order valence-electron chi connectivity index (χ2n) is 7.99. The largest absolute Gasteiger partial charge is 0.481 e. The van der Waals surface area contributed by atoms with E-state index in [9.17, 15) is 15.0 Å². The van der Waals surface area contributed by atoms with Crippen LogP contribution < -0.4 is 0 Å². The zero-order valence-corrected chi connectivity index (χ0v) is 14.2. The van der Waals surface area contributed by atoms with Gasteiger partial charge in [0.2, 0.25) is 0 Å². The van der Waals surface area contributed by atoms with Crippen LogP contribution in [0.2, 0.25) is 0 Å². The maximum Gasteiger partial charge on any atom is 0.309 e. The average molecular weight is 340 g/mol. The molecule has 0 unspecified atom stereocenters. The molecule has 5 atom stereocenters. The van der Waals surface area contributed by atoms with E-state index in [1.165, 1.54) is 22.2 Å². The minimum absolute atomic E-state index is 0.0693. The number of H-pyrrole nitrogens is 1. The lowest BCUT2D eigenvalue weighted by Crippen LogP contribution is -2.53. The summed E-state index contributed by atoms with van der Waals surface area (Å²) >= 11 is 0. The highest BCUT2D eigenvalue weighted by molar-refractivity contribution is 5.85. The fraction of sp³-hybridized carbons (Fsp3) is 0.550. The molecule has 0 spiro atoms. The summed E-state index contributed by atoms with van der Waals surface area (Å²) in [6.45, 7) is 2.00. The maximum atomic E-state index is 11.8. The first-order chi connectivity index (χ1) is 12.1.